The Balaban J connectivity index is 2.27. The molecule has 0 aliphatic carbocycles. The van der Waals surface area contributed by atoms with Crippen LogP contribution in [-0.2, 0) is 6.42 Å². The van der Waals surface area contributed by atoms with Crippen molar-refractivity contribution in [3.05, 3.63) is 39.9 Å². The second-order valence-electron chi connectivity index (χ2n) is 4.22. The zero-order valence-electron chi connectivity index (χ0n) is 10.9. The summed E-state index contributed by atoms with van der Waals surface area (Å²) < 4.78 is 0. The van der Waals surface area contributed by atoms with E-state index in [1.54, 1.807) is 6.07 Å². The van der Waals surface area contributed by atoms with Gasteiger partial charge in [0.25, 0.3) is 5.56 Å². The highest BCUT2D eigenvalue weighted by molar-refractivity contribution is 7.99. The van der Waals surface area contributed by atoms with Crippen molar-refractivity contribution in [3.63, 3.8) is 0 Å². The van der Waals surface area contributed by atoms with Gasteiger partial charge in [0.15, 0.2) is 5.16 Å². The SMILES string of the molecule is CCCc1cc(=O)[nH]c(Sc2ccc(N)c(C)n2)n1. The van der Waals surface area contributed by atoms with E-state index in [2.05, 4.69) is 21.9 Å². The number of aryl methyl sites for hydroxylation is 2. The summed E-state index contributed by atoms with van der Waals surface area (Å²) in [7, 11) is 0. The van der Waals surface area contributed by atoms with Crippen LogP contribution in [0.4, 0.5) is 5.69 Å². The lowest BCUT2D eigenvalue weighted by Crippen LogP contribution is -2.10. The van der Waals surface area contributed by atoms with Crippen molar-refractivity contribution >= 4 is 17.4 Å². The number of nitrogens with two attached hydrogens (primary N) is 1. The molecule has 5 nitrogen and oxygen atoms in total. The first-order valence-electron chi connectivity index (χ1n) is 6.09. The number of nitrogen functional groups attached to an aromatic ring is 1. The van der Waals surface area contributed by atoms with E-state index in [4.69, 9.17) is 5.73 Å². The lowest BCUT2D eigenvalue weighted by molar-refractivity contribution is 0.815. The van der Waals surface area contributed by atoms with Gasteiger partial charge in [0.1, 0.15) is 5.03 Å². The highest BCUT2D eigenvalue weighted by atomic mass is 32.2. The van der Waals surface area contributed by atoms with Crippen molar-refractivity contribution in [1.82, 2.24) is 15.0 Å². The average molecular weight is 276 g/mol. The number of nitrogens with zero attached hydrogens (tertiary/aromatic N) is 2. The van der Waals surface area contributed by atoms with Gasteiger partial charge in [-0.3, -0.25) is 4.79 Å². The molecule has 0 amide bonds. The van der Waals surface area contributed by atoms with Gasteiger partial charge in [-0.2, -0.15) is 0 Å². The van der Waals surface area contributed by atoms with Gasteiger partial charge in [-0.25, -0.2) is 9.97 Å². The topological polar surface area (TPSA) is 84.7 Å². The molecule has 2 heterocycles. The first-order chi connectivity index (χ1) is 9.08. The Kier molecular flexibility index (Phi) is 4.21. The van der Waals surface area contributed by atoms with Gasteiger partial charge in [-0.1, -0.05) is 13.3 Å². The maximum Gasteiger partial charge on any atom is 0.251 e. The lowest BCUT2D eigenvalue weighted by atomic mass is 10.2. The Morgan fingerprint density at radius 3 is 2.84 bits per heavy atom. The zero-order chi connectivity index (χ0) is 13.8. The molecule has 0 fully saturated rings. The van der Waals surface area contributed by atoms with E-state index in [-0.39, 0.29) is 5.56 Å². The van der Waals surface area contributed by atoms with Crippen LogP contribution in [0.2, 0.25) is 0 Å². The second kappa shape index (κ2) is 5.88. The molecule has 0 unspecified atom stereocenters. The first kappa shape index (κ1) is 13.6. The molecule has 0 spiro atoms. The fourth-order valence-corrected chi connectivity index (χ4v) is 2.45. The van der Waals surface area contributed by atoms with Crippen molar-refractivity contribution in [3.8, 4) is 0 Å². The highest BCUT2D eigenvalue weighted by Gasteiger charge is 2.05. The monoisotopic (exact) mass is 276 g/mol. The van der Waals surface area contributed by atoms with Crippen molar-refractivity contribution in [2.75, 3.05) is 5.73 Å². The number of hydrogen-bond acceptors (Lipinski definition) is 5. The number of hydrogen-bond donors (Lipinski definition) is 2. The molecule has 2 aromatic heterocycles. The average Bonchev–Trinajstić information content (AvgIpc) is 2.33. The maximum absolute atomic E-state index is 11.5. The Labute approximate surface area is 115 Å². The summed E-state index contributed by atoms with van der Waals surface area (Å²) in [6.45, 7) is 3.91. The van der Waals surface area contributed by atoms with E-state index >= 15 is 0 Å². The fraction of sp³-hybridized carbons (Fsp3) is 0.308. The van der Waals surface area contributed by atoms with Gasteiger partial charge in [0.2, 0.25) is 0 Å². The standard InChI is InChI=1S/C13H16N4OS/c1-3-4-9-7-11(18)17-13(16-9)19-12-6-5-10(14)8(2)15-12/h5-7H,3-4,14H2,1-2H3,(H,16,17,18). The van der Waals surface area contributed by atoms with Crippen LogP contribution in [0.15, 0.2) is 33.2 Å². The number of anilines is 1. The molecular weight excluding hydrogens is 260 g/mol. The Bertz CT molecular complexity index is 639. The third-order valence-corrected chi connectivity index (χ3v) is 3.40. The molecule has 0 aromatic carbocycles. The summed E-state index contributed by atoms with van der Waals surface area (Å²) in [4.78, 5) is 23.0. The van der Waals surface area contributed by atoms with Crippen LogP contribution in [0.1, 0.15) is 24.7 Å². The third-order valence-electron chi connectivity index (χ3n) is 2.58. The van der Waals surface area contributed by atoms with Crippen molar-refractivity contribution < 1.29 is 0 Å². The molecule has 2 rings (SSSR count). The van der Waals surface area contributed by atoms with E-state index in [1.165, 1.54) is 17.8 Å². The van der Waals surface area contributed by atoms with E-state index in [0.717, 1.165) is 29.3 Å². The fourth-order valence-electron chi connectivity index (χ4n) is 1.62. The Morgan fingerprint density at radius 2 is 2.16 bits per heavy atom. The van der Waals surface area contributed by atoms with Crippen LogP contribution < -0.4 is 11.3 Å². The normalized spacial score (nSPS) is 10.6. The molecule has 100 valence electrons. The van der Waals surface area contributed by atoms with Gasteiger partial charge in [0.05, 0.1) is 11.4 Å². The summed E-state index contributed by atoms with van der Waals surface area (Å²) in [6, 6.07) is 5.16. The summed E-state index contributed by atoms with van der Waals surface area (Å²) >= 11 is 1.33. The third kappa shape index (κ3) is 3.57. The number of pyridine rings is 1. The molecule has 0 bridgehead atoms. The molecule has 19 heavy (non-hydrogen) atoms. The first-order valence-corrected chi connectivity index (χ1v) is 6.91. The smallest absolute Gasteiger partial charge is 0.251 e. The number of nitrogens with one attached hydrogen (secondary N) is 1. The molecule has 6 heteroatoms. The second-order valence-corrected chi connectivity index (χ2v) is 5.23. The minimum atomic E-state index is -0.131. The van der Waals surface area contributed by atoms with Gasteiger partial charge >= 0.3 is 0 Å². The van der Waals surface area contributed by atoms with Crippen LogP contribution in [0, 0.1) is 6.92 Å². The molecule has 0 radical (unpaired) electrons. The summed E-state index contributed by atoms with van der Waals surface area (Å²) in [5.41, 5.74) is 7.83. The number of aromatic amines is 1. The van der Waals surface area contributed by atoms with Gasteiger partial charge < -0.3 is 10.7 Å². The Hall–Kier alpha value is -1.82. The van der Waals surface area contributed by atoms with E-state index in [0.29, 0.717) is 10.8 Å². The predicted octanol–water partition coefficient (Wildman–Crippen LogP) is 2.16. The number of rotatable bonds is 4. The van der Waals surface area contributed by atoms with Crippen LogP contribution in [-0.4, -0.2) is 15.0 Å². The highest BCUT2D eigenvalue weighted by Crippen LogP contribution is 2.23. The molecule has 0 saturated heterocycles. The molecule has 0 atom stereocenters. The van der Waals surface area contributed by atoms with E-state index in [1.807, 2.05) is 13.0 Å². The van der Waals surface area contributed by atoms with Crippen LogP contribution in [0.3, 0.4) is 0 Å². The van der Waals surface area contributed by atoms with Crippen LogP contribution in [0.25, 0.3) is 0 Å². The molecule has 0 aliphatic heterocycles. The summed E-state index contributed by atoms with van der Waals surface area (Å²) in [5.74, 6) is 0. The molecule has 3 N–H and O–H groups in total. The van der Waals surface area contributed by atoms with Crippen LogP contribution in [0.5, 0.6) is 0 Å². The number of aromatic nitrogens is 3. The quantitative estimate of drug-likeness (QED) is 0.836. The molecule has 0 saturated carbocycles. The van der Waals surface area contributed by atoms with E-state index < -0.39 is 0 Å². The zero-order valence-corrected chi connectivity index (χ0v) is 11.8. The van der Waals surface area contributed by atoms with Crippen LogP contribution >= 0.6 is 11.8 Å². The lowest BCUT2D eigenvalue weighted by Gasteiger charge is -2.04. The minimum absolute atomic E-state index is 0.131. The van der Waals surface area contributed by atoms with Crippen molar-refractivity contribution in [2.24, 2.45) is 0 Å². The van der Waals surface area contributed by atoms with Gasteiger partial charge in [0, 0.05) is 11.8 Å². The minimum Gasteiger partial charge on any atom is -0.397 e. The molecule has 0 aliphatic rings. The molecular formula is C13H16N4OS. The predicted molar refractivity (Wildman–Crippen MR) is 76.4 cm³/mol. The maximum atomic E-state index is 11.5. The van der Waals surface area contributed by atoms with E-state index in [9.17, 15) is 4.79 Å². The summed E-state index contributed by atoms with van der Waals surface area (Å²) in [6.07, 6.45) is 1.76. The molecule has 2 aromatic rings. The number of H-pyrrole nitrogens is 1. The van der Waals surface area contributed by atoms with Crippen molar-refractivity contribution in [2.45, 2.75) is 36.9 Å². The van der Waals surface area contributed by atoms with Gasteiger partial charge in [-0.05, 0) is 37.2 Å². The Morgan fingerprint density at radius 1 is 1.37 bits per heavy atom. The summed E-state index contributed by atoms with van der Waals surface area (Å²) in [5, 5.41) is 1.33. The largest absolute Gasteiger partial charge is 0.397 e. The van der Waals surface area contributed by atoms with Gasteiger partial charge in [-0.15, -0.1) is 0 Å². The van der Waals surface area contributed by atoms with Crippen molar-refractivity contribution in [1.29, 1.82) is 0 Å².